The Morgan fingerprint density at radius 1 is 0.962 bits per heavy atom. The van der Waals surface area contributed by atoms with Crippen molar-refractivity contribution < 1.29 is 14.7 Å². The van der Waals surface area contributed by atoms with Gasteiger partial charge in [-0.3, -0.25) is 4.79 Å². The largest absolute Gasteiger partial charge is 0.478 e. The summed E-state index contributed by atoms with van der Waals surface area (Å²) in [5.41, 5.74) is 1.35. The van der Waals surface area contributed by atoms with Crippen molar-refractivity contribution in [3.05, 3.63) is 71.3 Å². The maximum atomic E-state index is 11.9. The van der Waals surface area contributed by atoms with Gasteiger partial charge in [0.2, 0.25) is 0 Å². The van der Waals surface area contributed by atoms with Crippen molar-refractivity contribution in [3.63, 3.8) is 0 Å². The first-order valence-corrected chi connectivity index (χ1v) is 12.0. The van der Waals surface area contributed by atoms with Crippen molar-refractivity contribution in [2.24, 2.45) is 0 Å². The molecule has 4 nitrogen and oxygen atoms in total. The molecule has 2 aromatic rings. The van der Waals surface area contributed by atoms with Gasteiger partial charge in [-0.05, 0) is 31.2 Å². The minimum Gasteiger partial charge on any atom is -0.478 e. The quantitative estimate of drug-likeness (QED) is 0.633. The van der Waals surface area contributed by atoms with Crippen LogP contribution in [0.4, 0.5) is 0 Å². The van der Waals surface area contributed by atoms with E-state index in [0.717, 1.165) is 5.56 Å². The lowest BCUT2D eigenvalue weighted by molar-refractivity contribution is 0.0691. The maximum absolute atomic E-state index is 11.9. The first-order chi connectivity index (χ1) is 12.2. The van der Waals surface area contributed by atoms with Gasteiger partial charge in [0.25, 0.3) is 5.91 Å². The Morgan fingerprint density at radius 2 is 1.50 bits per heavy atom. The van der Waals surface area contributed by atoms with Crippen molar-refractivity contribution >= 4 is 20.0 Å². The van der Waals surface area contributed by atoms with Gasteiger partial charge in [0.1, 0.15) is 0 Å². The predicted molar refractivity (Wildman–Crippen MR) is 108 cm³/mol. The number of nitrogens with one attached hydrogen (secondary N) is 1. The summed E-state index contributed by atoms with van der Waals surface area (Å²) in [5, 5.41) is 11.8. The lowest BCUT2D eigenvalue weighted by Crippen LogP contribution is -2.40. The van der Waals surface area contributed by atoms with Crippen LogP contribution in [0, 0.1) is 11.8 Å². The minimum absolute atomic E-state index is 0.0422. The number of hydrogen-bond donors (Lipinski definition) is 2. The molecule has 136 valence electrons. The van der Waals surface area contributed by atoms with Gasteiger partial charge in [0.05, 0.1) is 19.2 Å². The second-order valence-corrected chi connectivity index (χ2v) is 12.3. The van der Waals surface area contributed by atoms with E-state index in [-0.39, 0.29) is 17.0 Å². The van der Waals surface area contributed by atoms with Gasteiger partial charge in [0, 0.05) is 11.7 Å². The number of hydrogen-bond acceptors (Lipinski definition) is 2. The van der Waals surface area contributed by atoms with Crippen molar-refractivity contribution in [1.29, 1.82) is 0 Å². The van der Waals surface area contributed by atoms with Crippen molar-refractivity contribution in [1.82, 2.24) is 5.32 Å². The number of carbonyl (C=O) groups is 2. The van der Waals surface area contributed by atoms with Crippen LogP contribution in [-0.2, 0) is 0 Å². The molecule has 0 aliphatic rings. The van der Waals surface area contributed by atoms with E-state index < -0.39 is 14.0 Å². The summed E-state index contributed by atoms with van der Waals surface area (Å²) >= 11 is 0. The van der Waals surface area contributed by atoms with Gasteiger partial charge >= 0.3 is 5.97 Å². The number of carbonyl (C=O) groups excluding carboxylic acids is 1. The molecule has 0 heterocycles. The van der Waals surface area contributed by atoms with Gasteiger partial charge in [0.15, 0.2) is 0 Å². The highest BCUT2D eigenvalue weighted by Crippen LogP contribution is 2.09. The highest BCUT2D eigenvalue weighted by atomic mass is 28.3. The Labute approximate surface area is 156 Å². The Kier molecular flexibility index (Phi) is 8.33. The summed E-state index contributed by atoms with van der Waals surface area (Å²) in [6.07, 6.45) is 0.639. The van der Waals surface area contributed by atoms with Gasteiger partial charge in [-0.2, -0.15) is 0 Å². The molecule has 1 amide bonds. The van der Waals surface area contributed by atoms with Crippen LogP contribution in [0.2, 0.25) is 19.6 Å². The van der Waals surface area contributed by atoms with E-state index in [2.05, 4.69) is 36.8 Å². The van der Waals surface area contributed by atoms with Crippen LogP contribution in [0.1, 0.15) is 33.2 Å². The third-order valence-electron chi connectivity index (χ3n) is 3.22. The number of carboxylic acids is 1. The molecule has 0 radical (unpaired) electrons. The summed E-state index contributed by atoms with van der Waals surface area (Å²) in [6.45, 7) is 8.25. The molecule has 0 saturated carbocycles. The zero-order valence-electron chi connectivity index (χ0n) is 15.7. The minimum atomic E-state index is -1.38. The molecular weight excluding hydrogens is 342 g/mol. The Balaban J connectivity index is 0.000000314. The molecule has 0 unspecified atom stereocenters. The number of rotatable bonds is 4. The second kappa shape index (κ2) is 10.2. The molecule has 0 aromatic heterocycles. The van der Waals surface area contributed by atoms with Crippen LogP contribution in [-0.4, -0.2) is 31.2 Å². The monoisotopic (exact) mass is 367 g/mol. The topological polar surface area (TPSA) is 66.4 Å². The van der Waals surface area contributed by atoms with Crippen molar-refractivity contribution in [3.8, 4) is 11.8 Å². The van der Waals surface area contributed by atoms with E-state index in [1.807, 2.05) is 37.3 Å². The van der Waals surface area contributed by atoms with Crippen LogP contribution < -0.4 is 5.32 Å². The molecule has 26 heavy (non-hydrogen) atoms. The van der Waals surface area contributed by atoms with Crippen LogP contribution in [0.5, 0.6) is 0 Å². The summed E-state index contributed by atoms with van der Waals surface area (Å²) in [6, 6.07) is 16.2. The molecular formula is C21H25NO3Si. The molecule has 0 saturated heterocycles. The normalized spacial score (nSPS) is 9.85. The fourth-order valence-corrected chi connectivity index (χ4v) is 2.66. The number of benzene rings is 2. The van der Waals surface area contributed by atoms with Crippen LogP contribution in [0.3, 0.4) is 0 Å². The number of carboxylic acid groups (broad SMARTS) is 1. The fourth-order valence-electron chi connectivity index (χ4n) is 1.97. The molecule has 0 aliphatic heterocycles. The fraction of sp³-hybridized carbons (Fsp3) is 0.238. The molecule has 5 heteroatoms. The highest BCUT2D eigenvalue weighted by molar-refractivity contribution is 6.76. The zero-order chi connectivity index (χ0) is 19.6. The lowest BCUT2D eigenvalue weighted by Gasteiger charge is -2.16. The third kappa shape index (κ3) is 7.82. The SMILES string of the molecule is CC#Cc1ccccc1.C[Si](C)(C)CNC(=O)c1ccccc1C(=O)O. The van der Waals surface area contributed by atoms with Crippen LogP contribution >= 0.6 is 0 Å². The summed E-state index contributed by atoms with van der Waals surface area (Å²) in [4.78, 5) is 22.8. The molecule has 0 bridgehead atoms. The molecule has 2 aromatic carbocycles. The van der Waals surface area contributed by atoms with Gasteiger partial charge in [-0.1, -0.05) is 55.9 Å². The first-order valence-electron chi connectivity index (χ1n) is 8.33. The molecule has 2 N–H and O–H groups in total. The summed E-state index contributed by atoms with van der Waals surface area (Å²) in [5.74, 6) is 4.40. The van der Waals surface area contributed by atoms with E-state index in [1.165, 1.54) is 12.1 Å². The lowest BCUT2D eigenvalue weighted by atomic mass is 10.1. The third-order valence-corrected chi connectivity index (χ3v) is 4.46. The number of amides is 1. The van der Waals surface area contributed by atoms with E-state index in [9.17, 15) is 9.59 Å². The van der Waals surface area contributed by atoms with Crippen LogP contribution in [0.15, 0.2) is 54.6 Å². The number of aromatic carboxylic acids is 1. The van der Waals surface area contributed by atoms with Crippen molar-refractivity contribution in [2.75, 3.05) is 6.17 Å². The zero-order valence-corrected chi connectivity index (χ0v) is 16.7. The predicted octanol–water partition coefficient (Wildman–Crippen LogP) is 4.05. The van der Waals surface area contributed by atoms with Gasteiger partial charge < -0.3 is 10.4 Å². The molecule has 0 atom stereocenters. The average molecular weight is 368 g/mol. The Morgan fingerprint density at radius 3 is 2.00 bits per heavy atom. The smallest absolute Gasteiger partial charge is 0.336 e. The Hall–Kier alpha value is -2.84. The molecule has 0 aliphatic carbocycles. The molecule has 2 rings (SSSR count). The van der Waals surface area contributed by atoms with Gasteiger partial charge in [-0.25, -0.2) is 4.79 Å². The highest BCUT2D eigenvalue weighted by Gasteiger charge is 2.18. The van der Waals surface area contributed by atoms with E-state index in [0.29, 0.717) is 6.17 Å². The van der Waals surface area contributed by atoms with E-state index in [1.54, 1.807) is 12.1 Å². The van der Waals surface area contributed by atoms with E-state index in [4.69, 9.17) is 5.11 Å². The summed E-state index contributed by atoms with van der Waals surface area (Å²) < 4.78 is 0. The van der Waals surface area contributed by atoms with E-state index >= 15 is 0 Å². The van der Waals surface area contributed by atoms with Gasteiger partial charge in [-0.15, -0.1) is 5.92 Å². The van der Waals surface area contributed by atoms with Crippen LogP contribution in [0.25, 0.3) is 0 Å². The van der Waals surface area contributed by atoms with Crippen molar-refractivity contribution in [2.45, 2.75) is 26.6 Å². The maximum Gasteiger partial charge on any atom is 0.336 e. The average Bonchev–Trinajstić information content (AvgIpc) is 2.61. The molecule has 0 spiro atoms. The summed E-state index contributed by atoms with van der Waals surface area (Å²) in [7, 11) is -1.38. The standard InChI is InChI=1S/C12H17NO3Si.C9H8/c1-17(2,3)8-13-11(14)9-6-4-5-7-10(9)12(15)16;1-2-6-9-7-4-3-5-8-9/h4-7H,8H2,1-3H3,(H,13,14)(H,15,16);3-5,7-8H,1H3. The second-order valence-electron chi connectivity index (χ2n) is 6.84. The molecule has 0 fully saturated rings. The Bertz CT molecular complexity index is 799. The first kappa shape index (κ1) is 21.2.